The normalized spacial score (nSPS) is 30.0. The van der Waals surface area contributed by atoms with Crippen LogP contribution in [0.5, 0.6) is 0 Å². The van der Waals surface area contributed by atoms with Gasteiger partial charge in [0.05, 0.1) is 12.6 Å². The highest BCUT2D eigenvalue weighted by Gasteiger charge is 2.61. The lowest BCUT2D eigenvalue weighted by molar-refractivity contribution is -0.121. The van der Waals surface area contributed by atoms with Gasteiger partial charge in [0.25, 0.3) is 0 Å². The lowest BCUT2D eigenvalue weighted by Crippen LogP contribution is -2.38. The zero-order valence-electron chi connectivity index (χ0n) is 12.0. The van der Waals surface area contributed by atoms with Crippen molar-refractivity contribution < 1.29 is 19.1 Å². The van der Waals surface area contributed by atoms with Crippen molar-refractivity contribution in [2.75, 3.05) is 20.8 Å². The van der Waals surface area contributed by atoms with Crippen molar-refractivity contribution in [1.82, 2.24) is 4.90 Å². The summed E-state index contributed by atoms with van der Waals surface area (Å²) in [6, 6.07) is 7.23. The van der Waals surface area contributed by atoms with Gasteiger partial charge in [-0.3, -0.25) is 14.5 Å². The molecule has 2 aliphatic rings. The molecule has 21 heavy (non-hydrogen) atoms. The first-order chi connectivity index (χ1) is 10.1. The van der Waals surface area contributed by atoms with Crippen molar-refractivity contribution in [2.24, 2.45) is 11.7 Å². The van der Waals surface area contributed by atoms with E-state index in [0.29, 0.717) is 12.1 Å². The third-order valence-electron chi connectivity index (χ3n) is 4.34. The van der Waals surface area contributed by atoms with E-state index in [2.05, 4.69) is 0 Å². The lowest BCUT2D eigenvalue weighted by Gasteiger charge is -2.18. The number of methoxy groups -OCH3 is 2. The standard InChI is InChI=1S/C15H18N2O4/c1-20-10(21-2)7-17-12-8-5-3-4-6-9(8)14(18)11(13(12)17)15(16)19/h3-6,10-13H,7H2,1-2H3,(H2,16,19). The van der Waals surface area contributed by atoms with Crippen molar-refractivity contribution in [3.63, 3.8) is 0 Å². The van der Waals surface area contributed by atoms with E-state index in [1.165, 1.54) is 0 Å². The van der Waals surface area contributed by atoms with Gasteiger partial charge < -0.3 is 15.2 Å². The number of carbonyl (C=O) groups is 2. The van der Waals surface area contributed by atoms with Gasteiger partial charge in [0, 0.05) is 25.8 Å². The summed E-state index contributed by atoms with van der Waals surface area (Å²) >= 11 is 0. The van der Waals surface area contributed by atoms with E-state index in [4.69, 9.17) is 15.2 Å². The average molecular weight is 290 g/mol. The number of primary amides is 1. The summed E-state index contributed by atoms with van der Waals surface area (Å²) in [6.45, 7) is 0.494. The second-order valence-electron chi connectivity index (χ2n) is 5.36. The van der Waals surface area contributed by atoms with Gasteiger partial charge in [-0.25, -0.2) is 0 Å². The molecule has 0 bridgehead atoms. The second-order valence-corrected chi connectivity index (χ2v) is 5.36. The Morgan fingerprint density at radius 1 is 1.33 bits per heavy atom. The maximum Gasteiger partial charge on any atom is 0.230 e. The Hall–Kier alpha value is -1.76. The molecule has 1 heterocycles. The minimum absolute atomic E-state index is 0.0317. The van der Waals surface area contributed by atoms with E-state index >= 15 is 0 Å². The van der Waals surface area contributed by atoms with E-state index in [1.807, 2.05) is 17.0 Å². The van der Waals surface area contributed by atoms with E-state index in [9.17, 15) is 9.59 Å². The van der Waals surface area contributed by atoms with Crippen LogP contribution in [0.3, 0.4) is 0 Å². The van der Waals surface area contributed by atoms with Crippen molar-refractivity contribution in [1.29, 1.82) is 0 Å². The van der Waals surface area contributed by atoms with Crippen molar-refractivity contribution in [2.45, 2.75) is 18.4 Å². The monoisotopic (exact) mass is 290 g/mol. The number of hydrogen-bond acceptors (Lipinski definition) is 5. The highest BCUT2D eigenvalue weighted by atomic mass is 16.7. The lowest BCUT2D eigenvalue weighted by atomic mass is 9.82. The number of ether oxygens (including phenoxy) is 2. The van der Waals surface area contributed by atoms with Crippen molar-refractivity contribution >= 4 is 11.7 Å². The van der Waals surface area contributed by atoms with Crippen LogP contribution in [-0.4, -0.2) is 49.7 Å². The van der Waals surface area contributed by atoms with Crippen LogP contribution in [0.2, 0.25) is 0 Å². The summed E-state index contributed by atoms with van der Waals surface area (Å²) in [6.07, 6.45) is -0.397. The molecular weight excluding hydrogens is 272 g/mol. The Bertz CT molecular complexity index is 585. The molecule has 4 atom stereocenters. The maximum absolute atomic E-state index is 12.5. The van der Waals surface area contributed by atoms with Crippen LogP contribution in [0.15, 0.2) is 24.3 Å². The number of fused-ring (bicyclic) bond motifs is 3. The summed E-state index contributed by atoms with van der Waals surface area (Å²) in [5.74, 6) is -1.55. The maximum atomic E-state index is 12.5. The number of nitrogens with zero attached hydrogens (tertiary/aromatic N) is 1. The summed E-state index contributed by atoms with van der Waals surface area (Å²) in [5, 5.41) is 0. The van der Waals surface area contributed by atoms with Crippen LogP contribution in [0.1, 0.15) is 22.0 Å². The molecule has 3 rings (SSSR count). The molecule has 6 heteroatoms. The van der Waals surface area contributed by atoms with Crippen molar-refractivity contribution in [3.05, 3.63) is 35.4 Å². The number of rotatable bonds is 5. The fourth-order valence-electron chi connectivity index (χ4n) is 3.28. The first kappa shape index (κ1) is 14.2. The third-order valence-corrected chi connectivity index (χ3v) is 4.34. The molecule has 0 saturated carbocycles. The molecule has 6 nitrogen and oxygen atoms in total. The molecule has 1 aliphatic heterocycles. The highest BCUT2D eigenvalue weighted by Crippen LogP contribution is 2.52. The van der Waals surface area contributed by atoms with Gasteiger partial charge in [-0.05, 0) is 5.56 Å². The summed E-state index contributed by atoms with van der Waals surface area (Å²) < 4.78 is 10.4. The van der Waals surface area contributed by atoms with Crippen LogP contribution in [0, 0.1) is 5.92 Å². The van der Waals surface area contributed by atoms with Crippen LogP contribution < -0.4 is 5.73 Å². The van der Waals surface area contributed by atoms with E-state index in [0.717, 1.165) is 5.56 Å². The Kier molecular flexibility index (Phi) is 3.52. The zero-order valence-corrected chi connectivity index (χ0v) is 12.0. The van der Waals surface area contributed by atoms with Crippen LogP contribution in [0.25, 0.3) is 0 Å². The minimum Gasteiger partial charge on any atom is -0.369 e. The molecule has 1 aliphatic carbocycles. The number of benzene rings is 1. The number of ketones is 1. The average Bonchev–Trinajstić information content (AvgIpc) is 3.18. The molecule has 0 aromatic heterocycles. The topological polar surface area (TPSA) is 81.6 Å². The third kappa shape index (κ3) is 2.16. The molecule has 1 amide bonds. The molecule has 4 unspecified atom stereocenters. The van der Waals surface area contributed by atoms with Crippen LogP contribution >= 0.6 is 0 Å². The molecule has 1 saturated heterocycles. The van der Waals surface area contributed by atoms with E-state index in [1.54, 1.807) is 26.4 Å². The van der Waals surface area contributed by atoms with Gasteiger partial charge in [0.1, 0.15) is 5.92 Å². The van der Waals surface area contributed by atoms with Crippen LogP contribution in [0.4, 0.5) is 0 Å². The molecule has 0 spiro atoms. The van der Waals surface area contributed by atoms with Gasteiger partial charge >= 0.3 is 0 Å². The largest absolute Gasteiger partial charge is 0.369 e. The highest BCUT2D eigenvalue weighted by molar-refractivity contribution is 6.13. The zero-order chi connectivity index (χ0) is 15.1. The molecule has 1 aromatic rings. The molecule has 2 N–H and O–H groups in total. The number of nitrogens with two attached hydrogens (primary N) is 1. The first-order valence-corrected chi connectivity index (χ1v) is 6.84. The minimum atomic E-state index is -0.792. The first-order valence-electron chi connectivity index (χ1n) is 6.84. The fourth-order valence-corrected chi connectivity index (χ4v) is 3.28. The predicted molar refractivity (Wildman–Crippen MR) is 74.5 cm³/mol. The molecule has 1 fully saturated rings. The summed E-state index contributed by atoms with van der Waals surface area (Å²) in [4.78, 5) is 26.2. The quantitative estimate of drug-likeness (QED) is 0.480. The van der Waals surface area contributed by atoms with E-state index in [-0.39, 0.29) is 17.9 Å². The Morgan fingerprint density at radius 3 is 2.62 bits per heavy atom. The molecular formula is C15H18N2O4. The van der Waals surface area contributed by atoms with Gasteiger partial charge in [0.2, 0.25) is 5.91 Å². The van der Waals surface area contributed by atoms with Gasteiger partial charge in [-0.1, -0.05) is 24.3 Å². The number of amides is 1. The van der Waals surface area contributed by atoms with Gasteiger partial charge in [-0.15, -0.1) is 0 Å². The number of Topliss-reactive ketones (excluding diaryl/α,β-unsaturated/α-hetero) is 1. The second kappa shape index (κ2) is 5.22. The molecule has 112 valence electrons. The van der Waals surface area contributed by atoms with Gasteiger partial charge in [0.15, 0.2) is 12.1 Å². The SMILES string of the molecule is COC(CN1C2c3ccccc3C(=O)C(C(N)=O)C21)OC. The Morgan fingerprint density at radius 2 is 2.00 bits per heavy atom. The number of carbonyl (C=O) groups excluding carboxylic acids is 2. The predicted octanol–water partition coefficient (Wildman–Crippen LogP) is 0.329. The van der Waals surface area contributed by atoms with E-state index < -0.39 is 18.1 Å². The van der Waals surface area contributed by atoms with Crippen molar-refractivity contribution in [3.8, 4) is 0 Å². The van der Waals surface area contributed by atoms with Gasteiger partial charge in [-0.2, -0.15) is 0 Å². The van der Waals surface area contributed by atoms with Crippen LogP contribution in [-0.2, 0) is 14.3 Å². The molecule has 1 aromatic carbocycles. The fraction of sp³-hybridized carbons (Fsp3) is 0.467. The smallest absolute Gasteiger partial charge is 0.230 e. The summed E-state index contributed by atoms with van der Waals surface area (Å²) in [7, 11) is 3.12. The Labute approximate surface area is 122 Å². The number of hydrogen-bond donors (Lipinski definition) is 1. The molecule has 0 radical (unpaired) electrons. The summed E-state index contributed by atoms with van der Waals surface area (Å²) in [5.41, 5.74) is 6.99. The Balaban J connectivity index is 1.94.